The third kappa shape index (κ3) is 2.99. The maximum atomic E-state index is 12.8. The van der Waals surface area contributed by atoms with Gasteiger partial charge in [0.05, 0.1) is 5.41 Å². The van der Waals surface area contributed by atoms with Crippen LogP contribution in [0.3, 0.4) is 0 Å². The molecule has 1 aromatic heterocycles. The average Bonchev–Trinajstić information content (AvgIpc) is 2.55. The van der Waals surface area contributed by atoms with Gasteiger partial charge in [0, 0.05) is 29.5 Å². The zero-order valence-electron chi connectivity index (χ0n) is 13.5. The molecule has 2 heterocycles. The lowest BCUT2D eigenvalue weighted by molar-refractivity contribution is -0.129. The first-order chi connectivity index (χ1) is 11.4. The number of benzene rings is 1. The predicted molar refractivity (Wildman–Crippen MR) is 93.0 cm³/mol. The lowest BCUT2D eigenvalue weighted by atomic mass is 9.83. The number of fused-ring (bicyclic) bond motifs is 1. The first kappa shape index (κ1) is 16.5. The standard InChI is InChI=1S/C18H18ClN3O2/c1-18(2,12-5-3-4-6-13(12)19)17(24)22-15-9-11-10-20-8-7-14(11)21-16(15)23/h3-8,10,15H,9H2,1-2H3,(H,21,23)(H,22,24). The Kier molecular flexibility index (Phi) is 4.28. The molecule has 1 aliphatic rings. The van der Waals surface area contributed by atoms with Crippen molar-refractivity contribution in [2.45, 2.75) is 31.7 Å². The summed E-state index contributed by atoms with van der Waals surface area (Å²) in [5.41, 5.74) is 1.51. The summed E-state index contributed by atoms with van der Waals surface area (Å²) in [5, 5.41) is 6.16. The molecule has 0 radical (unpaired) electrons. The Morgan fingerprint density at radius 2 is 2.08 bits per heavy atom. The van der Waals surface area contributed by atoms with Gasteiger partial charge in [0.25, 0.3) is 0 Å². The molecule has 0 spiro atoms. The van der Waals surface area contributed by atoms with Crippen LogP contribution in [0.4, 0.5) is 5.69 Å². The van der Waals surface area contributed by atoms with E-state index >= 15 is 0 Å². The van der Waals surface area contributed by atoms with E-state index in [1.807, 2.05) is 18.2 Å². The number of nitrogens with one attached hydrogen (secondary N) is 2. The second-order valence-corrected chi connectivity index (χ2v) is 6.76. The minimum atomic E-state index is -0.853. The minimum absolute atomic E-state index is 0.225. The van der Waals surface area contributed by atoms with Crippen molar-refractivity contribution in [2.75, 3.05) is 5.32 Å². The van der Waals surface area contributed by atoms with Crippen LogP contribution in [-0.2, 0) is 21.4 Å². The number of carbonyl (C=O) groups is 2. The molecule has 1 atom stereocenters. The number of rotatable bonds is 3. The molecule has 0 fully saturated rings. The van der Waals surface area contributed by atoms with E-state index in [0.717, 1.165) is 16.8 Å². The SMILES string of the molecule is CC(C)(C(=O)NC1Cc2cnccc2NC1=O)c1ccccc1Cl. The first-order valence-electron chi connectivity index (χ1n) is 7.69. The summed E-state index contributed by atoms with van der Waals surface area (Å²) in [6.45, 7) is 3.58. The van der Waals surface area contributed by atoms with E-state index in [0.29, 0.717) is 11.4 Å². The summed E-state index contributed by atoms with van der Waals surface area (Å²) < 4.78 is 0. The maximum Gasteiger partial charge on any atom is 0.247 e. The number of amides is 2. The molecule has 0 saturated heterocycles. The van der Waals surface area contributed by atoms with E-state index < -0.39 is 11.5 Å². The Labute approximate surface area is 145 Å². The van der Waals surface area contributed by atoms with Crippen molar-refractivity contribution in [3.05, 3.63) is 58.9 Å². The van der Waals surface area contributed by atoms with Crippen LogP contribution in [0.25, 0.3) is 0 Å². The third-order valence-electron chi connectivity index (χ3n) is 4.32. The average molecular weight is 344 g/mol. The number of anilines is 1. The Morgan fingerprint density at radius 3 is 2.83 bits per heavy atom. The van der Waals surface area contributed by atoms with Gasteiger partial charge >= 0.3 is 0 Å². The fourth-order valence-electron chi connectivity index (χ4n) is 2.79. The van der Waals surface area contributed by atoms with Crippen LogP contribution >= 0.6 is 11.6 Å². The molecule has 1 unspecified atom stereocenters. The van der Waals surface area contributed by atoms with Gasteiger partial charge in [-0.25, -0.2) is 0 Å². The highest BCUT2D eigenvalue weighted by atomic mass is 35.5. The van der Waals surface area contributed by atoms with Crippen LogP contribution in [0.15, 0.2) is 42.7 Å². The molecule has 6 heteroatoms. The van der Waals surface area contributed by atoms with Crippen LogP contribution in [-0.4, -0.2) is 22.8 Å². The van der Waals surface area contributed by atoms with Gasteiger partial charge < -0.3 is 10.6 Å². The maximum absolute atomic E-state index is 12.8. The fourth-order valence-corrected chi connectivity index (χ4v) is 3.16. The predicted octanol–water partition coefficient (Wildman–Crippen LogP) is 2.69. The highest BCUT2D eigenvalue weighted by Gasteiger charge is 2.35. The number of carbonyl (C=O) groups excluding carboxylic acids is 2. The van der Waals surface area contributed by atoms with Crippen molar-refractivity contribution >= 4 is 29.1 Å². The summed E-state index contributed by atoms with van der Waals surface area (Å²) in [4.78, 5) is 29.1. The van der Waals surface area contributed by atoms with Crippen molar-refractivity contribution in [2.24, 2.45) is 0 Å². The van der Waals surface area contributed by atoms with Crippen molar-refractivity contribution in [1.29, 1.82) is 0 Å². The van der Waals surface area contributed by atoms with Gasteiger partial charge in [-0.1, -0.05) is 29.8 Å². The van der Waals surface area contributed by atoms with E-state index in [1.165, 1.54) is 0 Å². The zero-order valence-corrected chi connectivity index (χ0v) is 14.2. The van der Waals surface area contributed by atoms with Crippen LogP contribution in [0, 0.1) is 0 Å². The molecule has 0 bridgehead atoms. The number of aromatic nitrogens is 1. The van der Waals surface area contributed by atoms with Crippen molar-refractivity contribution in [1.82, 2.24) is 10.3 Å². The van der Waals surface area contributed by atoms with E-state index in [2.05, 4.69) is 15.6 Å². The number of nitrogens with zero attached hydrogens (tertiary/aromatic N) is 1. The van der Waals surface area contributed by atoms with Gasteiger partial charge in [0.1, 0.15) is 6.04 Å². The summed E-state index contributed by atoms with van der Waals surface area (Å²) in [7, 11) is 0. The van der Waals surface area contributed by atoms with Crippen molar-refractivity contribution in [3.8, 4) is 0 Å². The Hall–Kier alpha value is -2.40. The van der Waals surface area contributed by atoms with Crippen LogP contribution in [0.1, 0.15) is 25.0 Å². The van der Waals surface area contributed by atoms with E-state index in [9.17, 15) is 9.59 Å². The van der Waals surface area contributed by atoms with Gasteiger partial charge in [-0.3, -0.25) is 14.6 Å². The smallest absolute Gasteiger partial charge is 0.247 e. The molecule has 1 aliphatic heterocycles. The number of pyridine rings is 1. The quantitative estimate of drug-likeness (QED) is 0.900. The molecule has 124 valence electrons. The molecule has 0 aliphatic carbocycles. The Bertz CT molecular complexity index is 804. The van der Waals surface area contributed by atoms with Crippen LogP contribution in [0.5, 0.6) is 0 Å². The lowest BCUT2D eigenvalue weighted by Gasteiger charge is -2.30. The number of hydrogen-bond acceptors (Lipinski definition) is 3. The minimum Gasteiger partial charge on any atom is -0.343 e. The van der Waals surface area contributed by atoms with Crippen LogP contribution in [0.2, 0.25) is 5.02 Å². The highest BCUT2D eigenvalue weighted by Crippen LogP contribution is 2.30. The van der Waals surface area contributed by atoms with Gasteiger partial charge in [0.2, 0.25) is 11.8 Å². The second kappa shape index (κ2) is 6.24. The zero-order chi connectivity index (χ0) is 17.3. The molecule has 5 nitrogen and oxygen atoms in total. The summed E-state index contributed by atoms with van der Waals surface area (Å²) in [6.07, 6.45) is 3.74. The van der Waals surface area contributed by atoms with E-state index in [1.54, 1.807) is 38.4 Å². The van der Waals surface area contributed by atoms with Gasteiger partial charge in [-0.05, 0) is 37.1 Å². The molecule has 2 amide bonds. The molecule has 24 heavy (non-hydrogen) atoms. The Morgan fingerprint density at radius 1 is 1.33 bits per heavy atom. The second-order valence-electron chi connectivity index (χ2n) is 6.36. The van der Waals surface area contributed by atoms with Gasteiger partial charge in [-0.2, -0.15) is 0 Å². The van der Waals surface area contributed by atoms with E-state index in [4.69, 9.17) is 11.6 Å². The largest absolute Gasteiger partial charge is 0.343 e. The van der Waals surface area contributed by atoms with Crippen molar-refractivity contribution < 1.29 is 9.59 Å². The number of hydrogen-bond donors (Lipinski definition) is 2. The molecule has 3 rings (SSSR count). The van der Waals surface area contributed by atoms with Gasteiger partial charge in [-0.15, -0.1) is 0 Å². The molecule has 1 aromatic carbocycles. The highest BCUT2D eigenvalue weighted by molar-refractivity contribution is 6.31. The molecule has 2 aromatic rings. The van der Waals surface area contributed by atoms with Gasteiger partial charge in [0.15, 0.2) is 0 Å². The normalized spacial score (nSPS) is 17.0. The topological polar surface area (TPSA) is 71.1 Å². The molecular formula is C18H18ClN3O2. The monoisotopic (exact) mass is 343 g/mol. The molecule has 2 N–H and O–H groups in total. The lowest BCUT2D eigenvalue weighted by Crippen LogP contribution is -2.52. The molecule has 0 saturated carbocycles. The first-order valence-corrected chi connectivity index (χ1v) is 8.07. The summed E-state index contributed by atoms with van der Waals surface area (Å²) in [6, 6.07) is 8.35. The van der Waals surface area contributed by atoms with Crippen molar-refractivity contribution in [3.63, 3.8) is 0 Å². The number of halogens is 1. The summed E-state index contributed by atoms with van der Waals surface area (Å²) >= 11 is 6.22. The van der Waals surface area contributed by atoms with E-state index in [-0.39, 0.29) is 11.8 Å². The Balaban J connectivity index is 1.80. The molecular weight excluding hydrogens is 326 g/mol. The third-order valence-corrected chi connectivity index (χ3v) is 4.65. The fraction of sp³-hybridized carbons (Fsp3) is 0.278. The van der Waals surface area contributed by atoms with Crippen LogP contribution < -0.4 is 10.6 Å². The summed E-state index contributed by atoms with van der Waals surface area (Å²) in [5.74, 6) is -0.472.